The van der Waals surface area contributed by atoms with Gasteiger partial charge in [0.25, 0.3) is 0 Å². The van der Waals surface area contributed by atoms with Crippen molar-refractivity contribution >= 4 is 5.69 Å². The second kappa shape index (κ2) is 5.18. The Morgan fingerprint density at radius 2 is 1.95 bits per heavy atom. The predicted octanol–water partition coefficient (Wildman–Crippen LogP) is 2.66. The van der Waals surface area contributed by atoms with Crippen LogP contribution in [-0.2, 0) is 19.6 Å². The highest BCUT2D eigenvalue weighted by atomic mass is 16.5. The topological polar surface area (TPSA) is 66.0 Å². The van der Waals surface area contributed by atoms with Crippen molar-refractivity contribution < 1.29 is 4.74 Å². The van der Waals surface area contributed by atoms with Crippen LogP contribution in [0.15, 0.2) is 48.5 Å². The Balaban J connectivity index is 1.63. The Labute approximate surface area is 128 Å². The summed E-state index contributed by atoms with van der Waals surface area (Å²) in [5.41, 5.74) is 8.99. The molecular weight excluding hydrogens is 276 g/mol. The van der Waals surface area contributed by atoms with Crippen molar-refractivity contribution in [1.29, 1.82) is 0 Å². The zero-order valence-electron chi connectivity index (χ0n) is 12.1. The lowest BCUT2D eigenvalue weighted by Gasteiger charge is -2.19. The van der Waals surface area contributed by atoms with Crippen molar-refractivity contribution in [1.82, 2.24) is 14.8 Å². The molecule has 1 aliphatic rings. The van der Waals surface area contributed by atoms with Crippen molar-refractivity contribution in [2.75, 3.05) is 5.73 Å². The molecule has 1 aromatic heterocycles. The fourth-order valence-corrected chi connectivity index (χ4v) is 2.79. The van der Waals surface area contributed by atoms with E-state index < -0.39 is 0 Å². The lowest BCUT2D eigenvalue weighted by molar-refractivity contribution is 0.289. The Kier molecular flexibility index (Phi) is 3.04. The Hall–Kier alpha value is -2.82. The van der Waals surface area contributed by atoms with Crippen molar-refractivity contribution in [3.8, 4) is 17.1 Å². The molecule has 4 rings (SSSR count). The molecule has 0 amide bonds. The van der Waals surface area contributed by atoms with Gasteiger partial charge in [-0.05, 0) is 36.2 Å². The zero-order chi connectivity index (χ0) is 14.9. The van der Waals surface area contributed by atoms with Crippen LogP contribution in [0, 0.1) is 0 Å². The minimum absolute atomic E-state index is 0.411. The molecule has 0 spiro atoms. The van der Waals surface area contributed by atoms with E-state index in [1.807, 2.05) is 42.5 Å². The summed E-state index contributed by atoms with van der Waals surface area (Å²) in [5, 5.41) is 8.62. The van der Waals surface area contributed by atoms with Gasteiger partial charge in [0.05, 0.1) is 0 Å². The van der Waals surface area contributed by atoms with E-state index in [1.54, 1.807) is 0 Å². The molecule has 5 heteroatoms. The quantitative estimate of drug-likeness (QED) is 0.754. The number of anilines is 1. The summed E-state index contributed by atoms with van der Waals surface area (Å²) in [7, 11) is 0. The summed E-state index contributed by atoms with van der Waals surface area (Å²) in [6.45, 7) is 1.28. The molecule has 5 nitrogen and oxygen atoms in total. The first-order valence-corrected chi connectivity index (χ1v) is 7.30. The number of fused-ring (bicyclic) bond motifs is 3. The van der Waals surface area contributed by atoms with E-state index >= 15 is 0 Å². The van der Waals surface area contributed by atoms with Gasteiger partial charge < -0.3 is 15.0 Å². The smallest absolute Gasteiger partial charge is 0.171 e. The second-order valence-electron chi connectivity index (χ2n) is 5.36. The van der Waals surface area contributed by atoms with Crippen LogP contribution >= 0.6 is 0 Å². The van der Waals surface area contributed by atoms with E-state index in [1.165, 1.54) is 5.56 Å². The molecule has 2 aromatic carbocycles. The van der Waals surface area contributed by atoms with Crippen molar-refractivity contribution in [3.05, 3.63) is 59.9 Å². The van der Waals surface area contributed by atoms with E-state index in [9.17, 15) is 0 Å². The minimum atomic E-state index is 0.411. The summed E-state index contributed by atoms with van der Waals surface area (Å²) < 4.78 is 7.90. The Morgan fingerprint density at radius 3 is 2.82 bits per heavy atom. The molecule has 110 valence electrons. The molecule has 22 heavy (non-hydrogen) atoms. The van der Waals surface area contributed by atoms with E-state index in [2.05, 4.69) is 20.8 Å². The summed E-state index contributed by atoms with van der Waals surface area (Å²) in [4.78, 5) is 0. The van der Waals surface area contributed by atoms with Crippen LogP contribution in [0.5, 0.6) is 5.75 Å². The van der Waals surface area contributed by atoms with Crippen LogP contribution in [-0.4, -0.2) is 14.8 Å². The maximum Gasteiger partial charge on any atom is 0.171 e. The SMILES string of the molecule is Nc1ccc2c(c1)-c1nnc(COc3ccccc3)n1CC2. The summed E-state index contributed by atoms with van der Waals surface area (Å²) in [5.74, 6) is 2.55. The molecule has 0 fully saturated rings. The largest absolute Gasteiger partial charge is 0.486 e. The summed E-state index contributed by atoms with van der Waals surface area (Å²) in [6.07, 6.45) is 0.957. The first kappa shape index (κ1) is 12.9. The first-order valence-electron chi connectivity index (χ1n) is 7.30. The highest BCUT2D eigenvalue weighted by molar-refractivity contribution is 5.67. The number of hydrogen-bond donors (Lipinski definition) is 1. The van der Waals surface area contributed by atoms with Gasteiger partial charge in [0.15, 0.2) is 11.6 Å². The summed E-state index contributed by atoms with van der Waals surface area (Å²) >= 11 is 0. The second-order valence-corrected chi connectivity index (χ2v) is 5.36. The van der Waals surface area contributed by atoms with Crippen LogP contribution in [0.4, 0.5) is 5.69 Å². The predicted molar refractivity (Wildman–Crippen MR) is 84.3 cm³/mol. The number of hydrogen-bond acceptors (Lipinski definition) is 4. The van der Waals surface area contributed by atoms with Gasteiger partial charge in [0.1, 0.15) is 12.4 Å². The molecule has 0 aliphatic carbocycles. The number of benzene rings is 2. The lowest BCUT2D eigenvalue weighted by atomic mass is 10.00. The van der Waals surface area contributed by atoms with Gasteiger partial charge in [-0.2, -0.15) is 0 Å². The normalized spacial score (nSPS) is 12.5. The maximum atomic E-state index is 5.90. The molecule has 1 aliphatic heterocycles. The molecule has 0 saturated heterocycles. The highest BCUT2D eigenvalue weighted by Gasteiger charge is 2.21. The molecule has 0 unspecified atom stereocenters. The molecule has 0 radical (unpaired) electrons. The van der Waals surface area contributed by atoms with Gasteiger partial charge in [0.2, 0.25) is 0 Å². The molecule has 0 atom stereocenters. The van der Waals surface area contributed by atoms with Crippen molar-refractivity contribution in [3.63, 3.8) is 0 Å². The number of nitrogens with zero attached hydrogens (tertiary/aromatic N) is 3. The van der Waals surface area contributed by atoms with Crippen LogP contribution in [0.25, 0.3) is 11.4 Å². The number of aryl methyl sites for hydroxylation is 1. The van der Waals surface area contributed by atoms with Gasteiger partial charge in [-0.25, -0.2) is 0 Å². The fraction of sp³-hybridized carbons (Fsp3) is 0.176. The summed E-state index contributed by atoms with van der Waals surface area (Å²) in [6, 6.07) is 15.7. The third-order valence-corrected chi connectivity index (χ3v) is 3.92. The third-order valence-electron chi connectivity index (χ3n) is 3.92. The molecule has 0 saturated carbocycles. The third kappa shape index (κ3) is 2.20. The van der Waals surface area contributed by atoms with Gasteiger partial charge in [-0.15, -0.1) is 10.2 Å². The molecular formula is C17H16N4O. The minimum Gasteiger partial charge on any atom is -0.486 e. The van der Waals surface area contributed by atoms with Gasteiger partial charge in [0, 0.05) is 17.8 Å². The average molecular weight is 292 g/mol. The van der Waals surface area contributed by atoms with E-state index in [0.717, 1.165) is 41.6 Å². The van der Waals surface area contributed by atoms with Crippen LogP contribution in [0.3, 0.4) is 0 Å². The lowest BCUT2D eigenvalue weighted by Crippen LogP contribution is -2.15. The highest BCUT2D eigenvalue weighted by Crippen LogP contribution is 2.30. The number of aromatic nitrogens is 3. The maximum absolute atomic E-state index is 5.90. The van der Waals surface area contributed by atoms with E-state index in [-0.39, 0.29) is 0 Å². The molecule has 2 heterocycles. The molecule has 0 bridgehead atoms. The standard InChI is InChI=1S/C17H16N4O/c18-13-7-6-12-8-9-21-16(19-20-17(21)15(12)10-13)11-22-14-4-2-1-3-5-14/h1-7,10H,8-9,11,18H2. The first-order chi connectivity index (χ1) is 10.8. The number of ether oxygens (including phenoxy) is 1. The number of rotatable bonds is 3. The Bertz CT molecular complexity index is 811. The number of nitrogens with two attached hydrogens (primary N) is 1. The van der Waals surface area contributed by atoms with Crippen LogP contribution in [0.2, 0.25) is 0 Å². The van der Waals surface area contributed by atoms with Gasteiger partial charge >= 0.3 is 0 Å². The van der Waals surface area contributed by atoms with E-state index in [0.29, 0.717) is 6.61 Å². The molecule has 3 aromatic rings. The average Bonchev–Trinajstić information content (AvgIpc) is 2.97. The number of nitrogen functional groups attached to an aromatic ring is 1. The molecule has 2 N–H and O–H groups in total. The van der Waals surface area contributed by atoms with Crippen LogP contribution < -0.4 is 10.5 Å². The fourth-order valence-electron chi connectivity index (χ4n) is 2.79. The van der Waals surface area contributed by atoms with Crippen LogP contribution in [0.1, 0.15) is 11.4 Å². The zero-order valence-corrected chi connectivity index (χ0v) is 12.1. The van der Waals surface area contributed by atoms with E-state index in [4.69, 9.17) is 10.5 Å². The Morgan fingerprint density at radius 1 is 1.09 bits per heavy atom. The number of para-hydroxylation sites is 1. The monoisotopic (exact) mass is 292 g/mol. The van der Waals surface area contributed by atoms with Crippen molar-refractivity contribution in [2.45, 2.75) is 19.6 Å². The van der Waals surface area contributed by atoms with Crippen molar-refractivity contribution in [2.24, 2.45) is 0 Å². The van der Waals surface area contributed by atoms with Gasteiger partial charge in [-0.3, -0.25) is 0 Å². The van der Waals surface area contributed by atoms with Gasteiger partial charge in [-0.1, -0.05) is 24.3 Å².